The number of H-pyrrole nitrogens is 1. The number of hydrogen-bond acceptors (Lipinski definition) is 6. The summed E-state index contributed by atoms with van der Waals surface area (Å²) in [7, 11) is 0. The van der Waals surface area contributed by atoms with Crippen LogP contribution in [-0.4, -0.2) is 46.7 Å². The van der Waals surface area contributed by atoms with E-state index in [0.29, 0.717) is 35.6 Å². The highest BCUT2D eigenvalue weighted by Gasteiger charge is 2.40. The zero-order chi connectivity index (χ0) is 27.6. The molecule has 0 saturated heterocycles. The first-order chi connectivity index (χ1) is 18.8. The average molecular weight is 534 g/mol. The molecule has 3 aromatic heterocycles. The highest BCUT2D eigenvalue weighted by molar-refractivity contribution is 6.03. The first kappa shape index (κ1) is 25.8. The fraction of sp³-hybridized carbons (Fsp3) is 0.185. The maximum absolute atomic E-state index is 13.4. The number of benzene rings is 2. The predicted octanol–water partition coefficient (Wildman–Crippen LogP) is 4.63. The van der Waals surface area contributed by atoms with Crippen molar-refractivity contribution in [2.75, 3.05) is 0 Å². The Kier molecular flexibility index (Phi) is 6.92. The molecule has 0 radical (unpaired) electrons. The van der Waals surface area contributed by atoms with Crippen LogP contribution in [0.3, 0.4) is 0 Å². The second kappa shape index (κ2) is 10.5. The summed E-state index contributed by atoms with van der Waals surface area (Å²) in [6.45, 7) is 2.08. The second-order valence-electron chi connectivity index (χ2n) is 8.79. The number of Topliss-reactive ketones (excluding diaryl/α,β-unsaturated/α-hetero) is 1. The topological polar surface area (TPSA) is 111 Å². The van der Waals surface area contributed by atoms with Gasteiger partial charge in [-0.15, -0.1) is 10.2 Å². The van der Waals surface area contributed by atoms with Gasteiger partial charge in [-0.3, -0.25) is 18.9 Å². The van der Waals surface area contributed by atoms with Crippen LogP contribution in [0.1, 0.15) is 35.0 Å². The smallest absolute Gasteiger partial charge is 0.292 e. The summed E-state index contributed by atoms with van der Waals surface area (Å²) in [5.74, 6) is -1.58. The minimum Gasteiger partial charge on any atom is -0.292 e. The van der Waals surface area contributed by atoms with Crippen LogP contribution >= 0.6 is 0 Å². The molecule has 0 atom stereocenters. The monoisotopic (exact) mass is 533 g/mol. The van der Waals surface area contributed by atoms with Gasteiger partial charge in [0.05, 0.1) is 23.5 Å². The van der Waals surface area contributed by atoms with Gasteiger partial charge in [-0.05, 0) is 35.4 Å². The first-order valence-electron chi connectivity index (χ1n) is 12.1. The quantitative estimate of drug-likeness (QED) is 0.291. The molecule has 0 aliphatic rings. The largest absolute Gasteiger partial charge is 0.454 e. The molecular formula is C27H22F3N7O2. The number of aromatic amines is 1. The molecule has 0 saturated carbocycles. The zero-order valence-electron chi connectivity index (χ0n) is 20.7. The Morgan fingerprint density at radius 2 is 1.74 bits per heavy atom. The van der Waals surface area contributed by atoms with Gasteiger partial charge in [0, 0.05) is 29.2 Å². The van der Waals surface area contributed by atoms with Gasteiger partial charge in [0.2, 0.25) is 5.82 Å². The Morgan fingerprint density at radius 1 is 1.00 bits per heavy atom. The second-order valence-corrected chi connectivity index (χ2v) is 8.79. The number of para-hydroxylation sites is 1. The van der Waals surface area contributed by atoms with E-state index in [4.69, 9.17) is 0 Å². The lowest BCUT2D eigenvalue weighted by Crippen LogP contribution is -2.28. The molecule has 0 fully saturated rings. The average Bonchev–Trinajstić information content (AvgIpc) is 3.58. The van der Waals surface area contributed by atoms with Gasteiger partial charge in [-0.25, -0.2) is 4.79 Å². The highest BCUT2D eigenvalue weighted by Crippen LogP contribution is 2.29. The molecule has 9 nitrogen and oxygen atoms in total. The number of carbonyl (C=O) groups excluding carboxylic acids is 1. The Balaban J connectivity index is 1.50. The van der Waals surface area contributed by atoms with E-state index in [1.807, 2.05) is 43.3 Å². The standard InChI is InChI=1S/C27H22F3N7O2/c1-2-7-18-16-37(23-11-6-5-10-21(23)24(38)27(28,29)30)26(39)36(18)15-17-12-13-22(31-14-17)19-8-3-4-9-20(19)25-32-34-35-33-25/h3-6,8-14,16H,2,7,15H2,1H3,(H,32,33,34,35). The summed E-state index contributed by atoms with van der Waals surface area (Å²) in [4.78, 5) is 30.1. The van der Waals surface area contributed by atoms with Crippen LogP contribution in [0.15, 0.2) is 77.9 Å². The molecule has 0 spiro atoms. The number of nitrogens with zero attached hydrogens (tertiary/aromatic N) is 6. The maximum Gasteiger partial charge on any atom is 0.454 e. The normalized spacial score (nSPS) is 11.6. The molecule has 198 valence electrons. The number of imidazole rings is 1. The number of ketones is 1. The van der Waals surface area contributed by atoms with Gasteiger partial charge in [-0.2, -0.15) is 18.4 Å². The molecule has 0 bridgehead atoms. The van der Waals surface area contributed by atoms with Crippen molar-refractivity contribution in [3.05, 3.63) is 100 Å². The van der Waals surface area contributed by atoms with E-state index >= 15 is 0 Å². The molecule has 3 heterocycles. The third-order valence-electron chi connectivity index (χ3n) is 6.19. The van der Waals surface area contributed by atoms with Crippen molar-refractivity contribution < 1.29 is 18.0 Å². The number of hydrogen-bond donors (Lipinski definition) is 1. The number of carbonyl (C=O) groups is 1. The number of halogens is 3. The summed E-state index contributed by atoms with van der Waals surface area (Å²) < 4.78 is 42.3. The van der Waals surface area contributed by atoms with E-state index in [1.54, 1.807) is 6.20 Å². The van der Waals surface area contributed by atoms with Crippen LogP contribution in [0, 0.1) is 0 Å². The highest BCUT2D eigenvalue weighted by atomic mass is 19.4. The molecular weight excluding hydrogens is 511 g/mol. The minimum atomic E-state index is -5.07. The van der Waals surface area contributed by atoms with E-state index in [-0.39, 0.29) is 12.2 Å². The van der Waals surface area contributed by atoms with Crippen molar-refractivity contribution >= 4 is 5.78 Å². The molecule has 0 aliphatic heterocycles. The Bertz CT molecular complexity index is 1670. The van der Waals surface area contributed by atoms with Crippen molar-refractivity contribution in [2.45, 2.75) is 32.5 Å². The Hall–Kier alpha value is -4.87. The third-order valence-corrected chi connectivity index (χ3v) is 6.19. The molecule has 0 amide bonds. The number of rotatable bonds is 8. The molecule has 0 unspecified atom stereocenters. The first-order valence-corrected chi connectivity index (χ1v) is 12.1. The molecule has 2 aromatic carbocycles. The number of tetrazole rings is 1. The van der Waals surface area contributed by atoms with Crippen LogP contribution in [0.25, 0.3) is 28.3 Å². The maximum atomic E-state index is 13.4. The van der Waals surface area contributed by atoms with Crippen LogP contribution in [0.5, 0.6) is 0 Å². The van der Waals surface area contributed by atoms with Gasteiger partial charge in [0.1, 0.15) is 0 Å². The van der Waals surface area contributed by atoms with Gasteiger partial charge in [0.15, 0.2) is 0 Å². The van der Waals surface area contributed by atoms with Crippen LogP contribution in [0.4, 0.5) is 13.2 Å². The summed E-state index contributed by atoms with van der Waals surface area (Å²) in [5.41, 5.74) is 2.30. The molecule has 5 rings (SSSR count). The van der Waals surface area contributed by atoms with E-state index in [9.17, 15) is 22.8 Å². The lowest BCUT2D eigenvalue weighted by atomic mass is 10.0. The van der Waals surface area contributed by atoms with Crippen molar-refractivity contribution in [1.29, 1.82) is 0 Å². The third kappa shape index (κ3) is 5.13. The minimum absolute atomic E-state index is 0.118. The fourth-order valence-electron chi connectivity index (χ4n) is 4.39. The summed E-state index contributed by atoms with van der Waals surface area (Å²) in [5, 5.41) is 14.1. The van der Waals surface area contributed by atoms with Crippen LogP contribution in [0.2, 0.25) is 0 Å². The van der Waals surface area contributed by atoms with Crippen LogP contribution in [-0.2, 0) is 13.0 Å². The van der Waals surface area contributed by atoms with Crippen molar-refractivity contribution in [3.8, 4) is 28.3 Å². The van der Waals surface area contributed by atoms with E-state index < -0.39 is 23.2 Å². The Labute approximate surface area is 220 Å². The lowest BCUT2D eigenvalue weighted by Gasteiger charge is -2.11. The predicted molar refractivity (Wildman–Crippen MR) is 136 cm³/mol. The molecule has 39 heavy (non-hydrogen) atoms. The van der Waals surface area contributed by atoms with Crippen molar-refractivity contribution in [1.82, 2.24) is 34.7 Å². The van der Waals surface area contributed by atoms with E-state index in [2.05, 4.69) is 25.6 Å². The number of aromatic nitrogens is 7. The van der Waals surface area contributed by atoms with E-state index in [0.717, 1.165) is 21.8 Å². The van der Waals surface area contributed by atoms with E-state index in [1.165, 1.54) is 29.0 Å². The number of alkyl halides is 3. The molecule has 5 aromatic rings. The number of aryl methyl sites for hydroxylation is 1. The van der Waals surface area contributed by atoms with Crippen LogP contribution < -0.4 is 5.69 Å². The van der Waals surface area contributed by atoms with Crippen molar-refractivity contribution in [3.63, 3.8) is 0 Å². The Morgan fingerprint density at radius 3 is 2.41 bits per heavy atom. The van der Waals surface area contributed by atoms with Crippen molar-refractivity contribution in [2.24, 2.45) is 0 Å². The SMILES string of the molecule is CCCc1cn(-c2ccccc2C(=O)C(F)(F)F)c(=O)n1Cc1ccc(-c2ccccc2-c2nn[nH]n2)nc1. The zero-order valence-corrected chi connectivity index (χ0v) is 20.7. The summed E-state index contributed by atoms with van der Waals surface area (Å²) in [6.07, 6.45) is -0.706. The lowest BCUT2D eigenvalue weighted by molar-refractivity contribution is -0.0885. The van der Waals surface area contributed by atoms with Gasteiger partial charge in [0.25, 0.3) is 5.78 Å². The van der Waals surface area contributed by atoms with Gasteiger partial charge >= 0.3 is 11.9 Å². The number of pyridine rings is 1. The molecule has 12 heteroatoms. The van der Waals surface area contributed by atoms with Gasteiger partial charge < -0.3 is 0 Å². The number of nitrogens with one attached hydrogen (secondary N) is 1. The summed E-state index contributed by atoms with van der Waals surface area (Å²) >= 11 is 0. The fourth-order valence-corrected chi connectivity index (χ4v) is 4.39. The van der Waals surface area contributed by atoms with Gasteiger partial charge in [-0.1, -0.05) is 55.8 Å². The molecule has 1 N–H and O–H groups in total. The summed E-state index contributed by atoms with van der Waals surface area (Å²) in [6, 6.07) is 16.3. The molecule has 0 aliphatic carbocycles.